The Kier molecular flexibility index (Phi) is 5.58. The molecule has 3 aliphatic rings. The Morgan fingerprint density at radius 1 is 1.14 bits per heavy atom. The van der Waals surface area contributed by atoms with E-state index in [9.17, 15) is 34.8 Å². The van der Waals surface area contributed by atoms with Gasteiger partial charge in [-0.2, -0.15) is 0 Å². The van der Waals surface area contributed by atoms with Crippen LogP contribution in [0.2, 0.25) is 5.02 Å². The first-order valence-corrected chi connectivity index (χ1v) is 11.2. The van der Waals surface area contributed by atoms with Crippen LogP contribution in [0, 0.1) is 11.8 Å². The third-order valence-corrected chi connectivity index (χ3v) is 7.67. The van der Waals surface area contributed by atoms with Gasteiger partial charge in [0.15, 0.2) is 17.1 Å². The first-order valence-electron chi connectivity index (χ1n) is 10.8. The Hall–Kier alpha value is -3.28. The molecule has 0 fully saturated rings. The molecule has 11 nitrogen and oxygen atoms in total. The van der Waals surface area contributed by atoms with Crippen molar-refractivity contribution in [1.29, 1.82) is 0 Å². The number of primary amides is 1. The number of ketones is 2. The van der Waals surface area contributed by atoms with E-state index in [-0.39, 0.29) is 34.7 Å². The first kappa shape index (κ1) is 24.8. The number of amides is 1. The molecule has 0 bridgehead atoms. The molecule has 3 aliphatic carbocycles. The highest BCUT2D eigenvalue weighted by molar-refractivity contribution is 6.37. The second kappa shape index (κ2) is 7.87. The lowest BCUT2D eigenvalue weighted by Crippen LogP contribution is -2.63. The van der Waals surface area contributed by atoms with Crippen LogP contribution in [-0.4, -0.2) is 82.6 Å². The van der Waals surface area contributed by atoms with Crippen LogP contribution in [0.1, 0.15) is 22.3 Å². The van der Waals surface area contributed by atoms with Gasteiger partial charge in [0.1, 0.15) is 17.1 Å². The van der Waals surface area contributed by atoms with Crippen molar-refractivity contribution in [2.24, 2.45) is 17.6 Å². The van der Waals surface area contributed by atoms with Crippen molar-refractivity contribution in [1.82, 2.24) is 4.90 Å². The second-order valence-corrected chi connectivity index (χ2v) is 10.0. The zero-order chi connectivity index (χ0) is 26.3. The summed E-state index contributed by atoms with van der Waals surface area (Å²) in [5.74, 6) is -7.31. The Morgan fingerprint density at radius 2 is 1.74 bits per heavy atom. The number of aliphatic hydroxyl groups excluding tert-OH is 2. The summed E-state index contributed by atoms with van der Waals surface area (Å²) in [5, 5.41) is 44.4. The number of rotatable bonds is 3. The first-order chi connectivity index (χ1) is 16.2. The number of carbonyl (C=O) groups excluding carboxylic acids is 3. The number of aromatic hydroxyl groups is 1. The Morgan fingerprint density at radius 3 is 2.26 bits per heavy atom. The van der Waals surface area contributed by atoms with Crippen molar-refractivity contribution < 1.29 is 34.8 Å². The number of nitrogens with two attached hydrogens (primary N) is 2. The molecule has 1 aromatic carbocycles. The molecule has 4 atom stereocenters. The molecule has 0 radical (unpaired) electrons. The number of anilines is 2. The number of phenols is 1. The van der Waals surface area contributed by atoms with Crippen molar-refractivity contribution in [2.45, 2.75) is 24.5 Å². The monoisotopic (exact) mass is 506 g/mol. The van der Waals surface area contributed by atoms with Gasteiger partial charge in [0.05, 0.1) is 28.0 Å². The quantitative estimate of drug-likeness (QED) is 0.190. The number of nitrogen functional groups attached to an aromatic ring is 1. The Balaban J connectivity index is 2.01. The number of carbonyl (C=O) groups is 3. The van der Waals surface area contributed by atoms with E-state index in [1.54, 1.807) is 33.1 Å². The van der Waals surface area contributed by atoms with Gasteiger partial charge >= 0.3 is 0 Å². The van der Waals surface area contributed by atoms with E-state index in [0.29, 0.717) is 11.3 Å². The van der Waals surface area contributed by atoms with E-state index in [0.717, 1.165) is 0 Å². The fourth-order valence-corrected chi connectivity index (χ4v) is 6.19. The summed E-state index contributed by atoms with van der Waals surface area (Å²) in [6.07, 6.45) is 0.108. The highest BCUT2D eigenvalue weighted by Crippen LogP contribution is 2.55. The number of aliphatic hydroxyl groups is 3. The molecule has 35 heavy (non-hydrogen) atoms. The van der Waals surface area contributed by atoms with Gasteiger partial charge in [-0.1, -0.05) is 11.6 Å². The number of benzene rings is 1. The van der Waals surface area contributed by atoms with Crippen LogP contribution in [0.15, 0.2) is 22.7 Å². The summed E-state index contributed by atoms with van der Waals surface area (Å²) in [5.41, 5.74) is 7.89. The summed E-state index contributed by atoms with van der Waals surface area (Å²) < 4.78 is 0. The Labute approximate surface area is 205 Å². The number of halogens is 1. The number of allylic oxidation sites excluding steroid dienone is 1. The van der Waals surface area contributed by atoms with Crippen LogP contribution in [0.4, 0.5) is 11.4 Å². The van der Waals surface area contributed by atoms with Gasteiger partial charge in [0.2, 0.25) is 5.78 Å². The minimum atomic E-state index is -2.69. The van der Waals surface area contributed by atoms with Gasteiger partial charge in [-0.15, -0.1) is 0 Å². The molecule has 0 saturated heterocycles. The predicted molar refractivity (Wildman–Crippen MR) is 127 cm³/mol. The molecule has 0 saturated carbocycles. The molecule has 8 N–H and O–H groups in total. The van der Waals surface area contributed by atoms with E-state index < -0.39 is 63.8 Å². The van der Waals surface area contributed by atoms with Gasteiger partial charge in [-0.25, -0.2) is 0 Å². The molecule has 1 amide bonds. The molecule has 1 aromatic rings. The zero-order valence-corrected chi connectivity index (χ0v) is 20.3. The van der Waals surface area contributed by atoms with Gasteiger partial charge in [-0.05, 0) is 38.4 Å². The number of hydrogen-bond donors (Lipinski definition) is 6. The van der Waals surface area contributed by atoms with Crippen molar-refractivity contribution in [3.05, 3.63) is 38.8 Å². The lowest BCUT2D eigenvalue weighted by atomic mass is 9.58. The van der Waals surface area contributed by atoms with E-state index in [2.05, 4.69) is 0 Å². The normalized spacial score (nSPS) is 28.1. The van der Waals surface area contributed by atoms with Crippen LogP contribution in [0.3, 0.4) is 0 Å². The fraction of sp³-hybridized carbons (Fsp3) is 0.435. The maximum Gasteiger partial charge on any atom is 0.255 e. The molecule has 0 heterocycles. The lowest BCUT2D eigenvalue weighted by Gasteiger charge is -2.50. The number of likely N-dealkylation sites (N-methyl/N-ethyl adjacent to an activating group) is 1. The highest BCUT2D eigenvalue weighted by Gasteiger charge is 2.63. The SMILES string of the molecule is CN(C)c1c(Cl)c(N)c(O)c2c1CC1CC3[C@H](N(C)C)C(O)=C(C(N)=O)C(=O)[C@@]3(O)C(O)=C1C2=O. The van der Waals surface area contributed by atoms with E-state index >= 15 is 0 Å². The van der Waals surface area contributed by atoms with Gasteiger partial charge in [0, 0.05) is 25.6 Å². The summed E-state index contributed by atoms with van der Waals surface area (Å²) >= 11 is 6.39. The van der Waals surface area contributed by atoms with Crippen molar-refractivity contribution in [3.63, 3.8) is 0 Å². The molecule has 0 aromatic heterocycles. The molecular formula is C23H27ClN4O7. The maximum absolute atomic E-state index is 13.7. The Bertz CT molecular complexity index is 1270. The number of nitrogens with zero attached hydrogens (tertiary/aromatic N) is 2. The van der Waals surface area contributed by atoms with Gasteiger partial charge in [0.25, 0.3) is 5.91 Å². The zero-order valence-electron chi connectivity index (χ0n) is 19.6. The molecule has 2 unspecified atom stereocenters. The molecule has 0 spiro atoms. The molecule has 188 valence electrons. The summed E-state index contributed by atoms with van der Waals surface area (Å²) in [6, 6.07) is -1.06. The standard InChI is InChI=1S/C23H27ClN4O7/c1-27(2)15-8-5-7-6-9-16(28(3)4)19(31)12(22(26)34)21(33)23(9,35)20(32)10(7)17(29)11(8)18(30)14(25)13(15)24/h7,9,16,30-32,35H,5-6,25H2,1-4H3,(H2,26,34)/t7?,9?,16-,23-/m0/s1. The van der Waals surface area contributed by atoms with E-state index in [4.69, 9.17) is 23.1 Å². The largest absolute Gasteiger partial charge is 0.510 e. The molecule has 12 heteroatoms. The molecule has 4 rings (SSSR count). The topological polar surface area (TPSA) is 191 Å². The van der Waals surface area contributed by atoms with Crippen molar-refractivity contribution in [2.75, 3.05) is 38.8 Å². The third-order valence-electron chi connectivity index (χ3n) is 7.29. The second-order valence-electron chi connectivity index (χ2n) is 9.64. The maximum atomic E-state index is 13.7. The number of phenolic OH excluding ortho intramolecular Hbond substituents is 1. The van der Waals surface area contributed by atoms with Crippen molar-refractivity contribution >= 4 is 40.4 Å². The van der Waals surface area contributed by atoms with Gasteiger partial charge < -0.3 is 36.8 Å². The van der Waals surface area contributed by atoms with Crippen LogP contribution < -0.4 is 16.4 Å². The third kappa shape index (κ3) is 3.08. The average Bonchev–Trinajstić information content (AvgIpc) is 2.74. The summed E-state index contributed by atoms with van der Waals surface area (Å²) in [6.45, 7) is 0. The van der Waals surface area contributed by atoms with Gasteiger partial charge in [-0.3, -0.25) is 19.3 Å². The highest BCUT2D eigenvalue weighted by atomic mass is 35.5. The number of hydrogen-bond acceptors (Lipinski definition) is 10. The van der Waals surface area contributed by atoms with E-state index in [1.807, 2.05) is 0 Å². The minimum Gasteiger partial charge on any atom is -0.510 e. The lowest BCUT2D eigenvalue weighted by molar-refractivity contribution is -0.148. The molecule has 0 aliphatic heterocycles. The summed E-state index contributed by atoms with van der Waals surface area (Å²) in [7, 11) is 6.53. The van der Waals surface area contributed by atoms with E-state index in [1.165, 1.54) is 4.90 Å². The molecular weight excluding hydrogens is 480 g/mol. The van der Waals surface area contributed by atoms with Crippen LogP contribution in [0.25, 0.3) is 0 Å². The van der Waals surface area contributed by atoms with Crippen LogP contribution in [-0.2, 0) is 16.0 Å². The number of fused-ring (bicyclic) bond motifs is 3. The van der Waals surface area contributed by atoms with Crippen molar-refractivity contribution in [3.8, 4) is 5.75 Å². The minimum absolute atomic E-state index is 0.0125. The predicted octanol–water partition coefficient (Wildman–Crippen LogP) is 0.422. The number of Topliss-reactive ketones (excluding diaryl/α,β-unsaturated/α-hetero) is 2. The van der Waals surface area contributed by atoms with Crippen LogP contribution >= 0.6 is 11.6 Å². The fourth-order valence-electron chi connectivity index (χ4n) is 5.82. The average molecular weight is 507 g/mol. The summed E-state index contributed by atoms with van der Waals surface area (Å²) in [4.78, 5) is 42.1. The van der Waals surface area contributed by atoms with Crippen LogP contribution in [0.5, 0.6) is 5.75 Å². The smallest absolute Gasteiger partial charge is 0.255 e.